The molecule has 4 heterocycles. The zero-order chi connectivity index (χ0) is 20.9. The van der Waals surface area contributed by atoms with Crippen molar-refractivity contribution in [3.8, 4) is 11.4 Å². The van der Waals surface area contributed by atoms with Gasteiger partial charge in [0, 0.05) is 49.4 Å². The second-order valence-electron chi connectivity index (χ2n) is 8.69. The number of nitrogens with zero attached hydrogens (tertiary/aromatic N) is 3. The van der Waals surface area contributed by atoms with Crippen LogP contribution in [-0.2, 0) is 20.2 Å². The number of pyridine rings is 1. The first-order chi connectivity index (χ1) is 15.2. The van der Waals surface area contributed by atoms with Crippen molar-refractivity contribution in [3.05, 3.63) is 94.0 Å². The van der Waals surface area contributed by atoms with Crippen molar-refractivity contribution in [3.63, 3.8) is 0 Å². The summed E-state index contributed by atoms with van der Waals surface area (Å²) in [4.78, 5) is 15.4. The summed E-state index contributed by atoms with van der Waals surface area (Å²) in [5.74, 6) is 1.22. The highest BCUT2D eigenvalue weighted by Gasteiger charge is 2.34. The summed E-state index contributed by atoms with van der Waals surface area (Å²) in [6, 6.07) is 19.8. The molecule has 5 nitrogen and oxygen atoms in total. The van der Waals surface area contributed by atoms with E-state index in [0.717, 1.165) is 17.8 Å². The van der Waals surface area contributed by atoms with Gasteiger partial charge in [-0.1, -0.05) is 36.4 Å². The van der Waals surface area contributed by atoms with Gasteiger partial charge in [0.1, 0.15) is 12.4 Å². The maximum absolute atomic E-state index is 12.8. The molecule has 0 spiro atoms. The van der Waals surface area contributed by atoms with E-state index in [2.05, 4.69) is 34.7 Å². The molecule has 2 aromatic heterocycles. The summed E-state index contributed by atoms with van der Waals surface area (Å²) in [5, 5.41) is 1.31. The number of hydrogen-bond donors (Lipinski definition) is 0. The number of fused-ring (bicyclic) bond motifs is 6. The highest BCUT2D eigenvalue weighted by atomic mass is 35.5. The molecule has 32 heavy (non-hydrogen) atoms. The second kappa shape index (κ2) is 8.15. The van der Waals surface area contributed by atoms with Crippen LogP contribution in [0.5, 0.6) is 5.75 Å². The van der Waals surface area contributed by atoms with Gasteiger partial charge in [-0.3, -0.25) is 14.3 Å². The van der Waals surface area contributed by atoms with Crippen molar-refractivity contribution in [1.29, 1.82) is 0 Å². The van der Waals surface area contributed by atoms with Crippen LogP contribution in [-0.4, -0.2) is 27.1 Å². The van der Waals surface area contributed by atoms with Crippen molar-refractivity contribution in [2.24, 2.45) is 7.05 Å². The van der Waals surface area contributed by atoms with Crippen molar-refractivity contribution in [2.45, 2.75) is 25.5 Å². The molecule has 2 atom stereocenters. The molecule has 164 valence electrons. The van der Waals surface area contributed by atoms with Gasteiger partial charge in [0.15, 0.2) is 0 Å². The smallest absolute Gasteiger partial charge is 0.258 e. The number of aryl methyl sites for hydroxylation is 1. The van der Waals surface area contributed by atoms with E-state index in [1.165, 1.54) is 41.7 Å². The van der Waals surface area contributed by atoms with Gasteiger partial charge >= 0.3 is 0 Å². The predicted molar refractivity (Wildman–Crippen MR) is 129 cm³/mol. The first-order valence-electron chi connectivity index (χ1n) is 10.9. The molecule has 2 aliphatic heterocycles. The highest BCUT2D eigenvalue weighted by molar-refractivity contribution is 5.88. The van der Waals surface area contributed by atoms with Gasteiger partial charge in [0.25, 0.3) is 5.56 Å². The number of hydrogen-bond acceptors (Lipinski definition) is 3. The number of benzene rings is 2. The zero-order valence-electron chi connectivity index (χ0n) is 18.0. The van der Waals surface area contributed by atoms with Gasteiger partial charge in [-0.05, 0) is 42.3 Å². The Hall–Kier alpha value is -3.02. The zero-order valence-corrected chi connectivity index (χ0v) is 18.8. The van der Waals surface area contributed by atoms with Gasteiger partial charge < -0.3 is 9.30 Å². The van der Waals surface area contributed by atoms with Crippen LogP contribution in [0.3, 0.4) is 0 Å². The minimum Gasteiger partial charge on any atom is -0.489 e. The molecule has 2 unspecified atom stereocenters. The Morgan fingerprint density at radius 1 is 1.06 bits per heavy atom. The minimum atomic E-state index is -0.0888. The van der Waals surface area contributed by atoms with E-state index in [9.17, 15) is 4.79 Å². The molecule has 2 bridgehead atoms. The lowest BCUT2D eigenvalue weighted by atomic mass is 9.97. The summed E-state index contributed by atoms with van der Waals surface area (Å²) in [7, 11) is 2.17. The van der Waals surface area contributed by atoms with Crippen LogP contribution >= 0.6 is 12.4 Å². The Balaban J connectivity index is 0.00000216. The molecular weight excluding hydrogens is 422 g/mol. The van der Waals surface area contributed by atoms with Crippen molar-refractivity contribution < 1.29 is 4.74 Å². The summed E-state index contributed by atoms with van der Waals surface area (Å²) in [6.07, 6.45) is 3.05. The SMILES string of the molecule is Cl.Cn1c2c(c3ccc(-n4ccc(OCc5ccccc5)cc4=O)cc31)CN1CCC2C1. The van der Waals surface area contributed by atoms with Crippen molar-refractivity contribution in [2.75, 3.05) is 13.1 Å². The van der Waals surface area contributed by atoms with Gasteiger partial charge in [-0.15, -0.1) is 12.4 Å². The Morgan fingerprint density at radius 2 is 1.91 bits per heavy atom. The Kier molecular flexibility index (Phi) is 5.31. The average Bonchev–Trinajstić information content (AvgIpc) is 3.31. The molecule has 0 saturated carbocycles. The van der Waals surface area contributed by atoms with Crippen molar-refractivity contribution >= 4 is 23.3 Å². The quantitative estimate of drug-likeness (QED) is 0.457. The molecule has 0 N–H and O–H groups in total. The predicted octanol–water partition coefficient (Wildman–Crippen LogP) is 4.63. The Morgan fingerprint density at radius 3 is 2.72 bits per heavy atom. The van der Waals surface area contributed by atoms with Gasteiger partial charge in [-0.2, -0.15) is 0 Å². The van der Waals surface area contributed by atoms with Crippen LogP contribution < -0.4 is 10.3 Å². The van der Waals surface area contributed by atoms with Crippen LogP contribution in [0, 0.1) is 0 Å². The number of rotatable bonds is 4. The van der Waals surface area contributed by atoms with E-state index in [-0.39, 0.29) is 18.0 Å². The monoisotopic (exact) mass is 447 g/mol. The number of ether oxygens (including phenoxy) is 1. The average molecular weight is 448 g/mol. The Bertz CT molecular complexity index is 1340. The maximum atomic E-state index is 12.8. The maximum Gasteiger partial charge on any atom is 0.258 e. The van der Waals surface area contributed by atoms with E-state index in [1.807, 2.05) is 36.4 Å². The van der Waals surface area contributed by atoms with Crippen LogP contribution in [0.1, 0.15) is 29.2 Å². The fourth-order valence-electron chi connectivity index (χ4n) is 5.29. The first kappa shape index (κ1) is 20.9. The molecule has 1 fully saturated rings. The highest BCUT2D eigenvalue weighted by Crippen LogP contribution is 2.41. The minimum absolute atomic E-state index is 0. The fraction of sp³-hybridized carbons (Fsp3) is 0.269. The van der Waals surface area contributed by atoms with E-state index < -0.39 is 0 Å². The largest absolute Gasteiger partial charge is 0.489 e. The molecule has 4 aromatic rings. The van der Waals surface area contributed by atoms with Gasteiger partial charge in [0.05, 0.1) is 11.2 Å². The first-order valence-corrected chi connectivity index (χ1v) is 10.9. The molecule has 0 aliphatic carbocycles. The third-order valence-corrected chi connectivity index (χ3v) is 6.80. The molecule has 6 heteroatoms. The summed E-state index contributed by atoms with van der Waals surface area (Å²) >= 11 is 0. The van der Waals surface area contributed by atoms with Crippen LogP contribution in [0.25, 0.3) is 16.6 Å². The van der Waals surface area contributed by atoms with E-state index in [4.69, 9.17) is 4.74 Å². The number of aromatic nitrogens is 2. The lowest BCUT2D eigenvalue weighted by molar-refractivity contribution is 0.305. The number of halogens is 1. The third-order valence-electron chi connectivity index (χ3n) is 6.80. The molecule has 0 amide bonds. The molecule has 0 radical (unpaired) electrons. The van der Waals surface area contributed by atoms with Crippen LogP contribution in [0.15, 0.2) is 71.7 Å². The van der Waals surface area contributed by atoms with Gasteiger partial charge in [-0.25, -0.2) is 0 Å². The topological polar surface area (TPSA) is 39.4 Å². The van der Waals surface area contributed by atoms with E-state index >= 15 is 0 Å². The normalized spacial score (nSPS) is 18.9. The summed E-state index contributed by atoms with van der Waals surface area (Å²) in [6.45, 7) is 3.86. The van der Waals surface area contributed by atoms with Gasteiger partial charge in [0.2, 0.25) is 0 Å². The van der Waals surface area contributed by atoms with Crippen LogP contribution in [0.2, 0.25) is 0 Å². The molecule has 1 saturated heterocycles. The lowest BCUT2D eigenvalue weighted by Gasteiger charge is -2.23. The molecule has 2 aliphatic rings. The van der Waals surface area contributed by atoms with E-state index in [0.29, 0.717) is 18.3 Å². The van der Waals surface area contributed by atoms with Crippen LogP contribution in [0.4, 0.5) is 0 Å². The second-order valence-corrected chi connectivity index (χ2v) is 8.69. The summed E-state index contributed by atoms with van der Waals surface area (Å²) < 4.78 is 9.86. The molecule has 2 aromatic carbocycles. The molecular formula is C26H26ClN3O2. The fourth-order valence-corrected chi connectivity index (χ4v) is 5.29. The molecule has 6 rings (SSSR count). The lowest BCUT2D eigenvalue weighted by Crippen LogP contribution is -2.25. The van der Waals surface area contributed by atoms with Crippen molar-refractivity contribution in [1.82, 2.24) is 14.0 Å². The Labute approximate surface area is 193 Å². The standard InChI is InChI=1S/C26H25N3O2.ClH/c1-27-24-13-20(7-8-22(24)23-16-28-11-9-19(15-28)26(23)27)29-12-10-21(14-25(29)30)31-17-18-5-3-2-4-6-18;/h2-8,10,12-14,19H,9,11,15-17H2,1H3;1H. The summed E-state index contributed by atoms with van der Waals surface area (Å²) in [5.41, 5.74) is 6.03. The third kappa shape index (κ3) is 3.42. The van der Waals surface area contributed by atoms with E-state index in [1.54, 1.807) is 16.8 Å².